The molecule has 0 aromatic rings. The lowest BCUT2D eigenvalue weighted by molar-refractivity contribution is -0.167. The molecule has 0 aliphatic carbocycles. The van der Waals surface area contributed by atoms with Gasteiger partial charge in [-0.1, -0.05) is 222 Å². The number of carbonyl (C=O) groups is 3. The van der Waals surface area contributed by atoms with Crippen LogP contribution in [0.3, 0.4) is 0 Å². The van der Waals surface area contributed by atoms with Crippen LogP contribution >= 0.6 is 0 Å². The van der Waals surface area contributed by atoms with Gasteiger partial charge in [0.1, 0.15) is 13.2 Å². The maximum atomic E-state index is 12.8. The van der Waals surface area contributed by atoms with E-state index in [1.54, 1.807) is 0 Å². The highest BCUT2D eigenvalue weighted by Crippen LogP contribution is 2.15. The Labute approximate surface area is 402 Å². The van der Waals surface area contributed by atoms with Crippen molar-refractivity contribution in [3.05, 3.63) is 72.9 Å². The van der Waals surface area contributed by atoms with E-state index >= 15 is 0 Å². The van der Waals surface area contributed by atoms with E-state index in [1.807, 2.05) is 0 Å². The Morgan fingerprint density at radius 1 is 0.308 bits per heavy atom. The molecule has 65 heavy (non-hydrogen) atoms. The molecule has 1 atom stereocenters. The van der Waals surface area contributed by atoms with Gasteiger partial charge < -0.3 is 14.2 Å². The molecule has 0 aromatic heterocycles. The Morgan fingerprint density at radius 3 is 0.908 bits per heavy atom. The fraction of sp³-hybridized carbons (Fsp3) is 0.746. The van der Waals surface area contributed by atoms with Gasteiger partial charge in [0.15, 0.2) is 6.10 Å². The zero-order valence-electron chi connectivity index (χ0n) is 42.7. The molecule has 6 nitrogen and oxygen atoms in total. The largest absolute Gasteiger partial charge is 0.462 e. The Kier molecular flexibility index (Phi) is 50.9. The molecule has 374 valence electrons. The SMILES string of the molecule is CCCCC/C=C\C/C=C\C/C=C\C/C=C\CCCCCC(=O)OC[C@@H](COC(=O)CCCCCCCCCCCCCCC)OC(=O)CCCCCCC/C=C\C/C=C\CCCCC. The molecule has 0 aliphatic rings. The number of rotatable bonds is 49. The monoisotopic (exact) mass is 907 g/mol. The van der Waals surface area contributed by atoms with Crippen molar-refractivity contribution >= 4 is 17.9 Å². The molecule has 0 aliphatic heterocycles. The average molecular weight is 907 g/mol. The van der Waals surface area contributed by atoms with Crippen LogP contribution in [0.2, 0.25) is 0 Å². The number of unbranched alkanes of at least 4 members (excludes halogenated alkanes) is 26. The number of carbonyl (C=O) groups excluding carboxylic acids is 3. The van der Waals surface area contributed by atoms with Crippen molar-refractivity contribution in [2.75, 3.05) is 13.2 Å². The number of ether oxygens (including phenoxy) is 3. The van der Waals surface area contributed by atoms with E-state index in [9.17, 15) is 14.4 Å². The van der Waals surface area contributed by atoms with Crippen molar-refractivity contribution in [1.82, 2.24) is 0 Å². The zero-order chi connectivity index (χ0) is 47.2. The molecule has 0 spiro atoms. The average Bonchev–Trinajstić information content (AvgIpc) is 3.30. The first-order valence-electron chi connectivity index (χ1n) is 27.4. The molecule has 0 bridgehead atoms. The van der Waals surface area contributed by atoms with Crippen molar-refractivity contribution in [2.24, 2.45) is 0 Å². The molecular formula is C59H102O6. The Hall–Kier alpha value is -3.15. The first-order chi connectivity index (χ1) is 32.0. The van der Waals surface area contributed by atoms with Crippen molar-refractivity contribution < 1.29 is 28.6 Å². The van der Waals surface area contributed by atoms with Crippen LogP contribution in [-0.4, -0.2) is 37.2 Å². The quantitative estimate of drug-likeness (QED) is 0.0262. The second kappa shape index (κ2) is 53.5. The summed E-state index contributed by atoms with van der Waals surface area (Å²) >= 11 is 0. The third-order valence-electron chi connectivity index (χ3n) is 11.7. The van der Waals surface area contributed by atoms with Crippen molar-refractivity contribution in [3.8, 4) is 0 Å². The van der Waals surface area contributed by atoms with E-state index in [0.717, 1.165) is 109 Å². The highest BCUT2D eigenvalue weighted by molar-refractivity contribution is 5.71. The van der Waals surface area contributed by atoms with E-state index in [1.165, 1.54) is 116 Å². The Morgan fingerprint density at radius 2 is 0.554 bits per heavy atom. The molecule has 0 fully saturated rings. The van der Waals surface area contributed by atoms with Gasteiger partial charge in [-0.25, -0.2) is 0 Å². The molecule has 0 heterocycles. The lowest BCUT2D eigenvalue weighted by Gasteiger charge is -2.18. The minimum absolute atomic E-state index is 0.0897. The molecule has 6 heteroatoms. The van der Waals surface area contributed by atoms with Gasteiger partial charge >= 0.3 is 17.9 Å². The summed E-state index contributed by atoms with van der Waals surface area (Å²) in [5.41, 5.74) is 0. The van der Waals surface area contributed by atoms with Crippen molar-refractivity contribution in [3.63, 3.8) is 0 Å². The van der Waals surface area contributed by atoms with Crippen LogP contribution in [0, 0.1) is 0 Å². The van der Waals surface area contributed by atoms with Crippen LogP contribution in [0.25, 0.3) is 0 Å². The molecule has 0 amide bonds. The van der Waals surface area contributed by atoms with Gasteiger partial charge in [0.25, 0.3) is 0 Å². The highest BCUT2D eigenvalue weighted by atomic mass is 16.6. The smallest absolute Gasteiger partial charge is 0.306 e. The molecule has 0 saturated heterocycles. The summed E-state index contributed by atoms with van der Waals surface area (Å²) in [5.74, 6) is -0.930. The molecule has 0 aromatic carbocycles. The van der Waals surface area contributed by atoms with Crippen LogP contribution in [0.5, 0.6) is 0 Å². The van der Waals surface area contributed by atoms with Gasteiger partial charge in [0, 0.05) is 19.3 Å². The molecule has 0 radical (unpaired) electrons. The van der Waals surface area contributed by atoms with Crippen molar-refractivity contribution in [1.29, 1.82) is 0 Å². The van der Waals surface area contributed by atoms with Crippen molar-refractivity contribution in [2.45, 2.75) is 271 Å². The lowest BCUT2D eigenvalue weighted by atomic mass is 10.0. The Balaban J connectivity index is 4.45. The fourth-order valence-electron chi connectivity index (χ4n) is 7.51. The summed E-state index contributed by atoms with van der Waals surface area (Å²) < 4.78 is 16.8. The molecule has 0 unspecified atom stereocenters. The molecular weight excluding hydrogens is 805 g/mol. The lowest BCUT2D eigenvalue weighted by Crippen LogP contribution is -2.30. The molecule has 0 saturated carbocycles. The predicted molar refractivity (Wildman–Crippen MR) is 279 cm³/mol. The summed E-state index contributed by atoms with van der Waals surface area (Å²) in [5, 5.41) is 0. The molecule has 0 rings (SSSR count). The minimum atomic E-state index is -0.794. The van der Waals surface area contributed by atoms with E-state index in [2.05, 4.69) is 93.7 Å². The first-order valence-corrected chi connectivity index (χ1v) is 27.4. The second-order valence-electron chi connectivity index (χ2n) is 18.1. The molecule has 0 N–H and O–H groups in total. The Bertz CT molecular complexity index is 1230. The maximum Gasteiger partial charge on any atom is 0.306 e. The van der Waals surface area contributed by atoms with Gasteiger partial charge in [0.05, 0.1) is 0 Å². The number of hydrogen-bond donors (Lipinski definition) is 0. The fourth-order valence-corrected chi connectivity index (χ4v) is 7.51. The van der Waals surface area contributed by atoms with Gasteiger partial charge in [-0.05, 0) is 96.3 Å². The van der Waals surface area contributed by atoms with E-state index in [-0.39, 0.29) is 31.1 Å². The van der Waals surface area contributed by atoms with Gasteiger partial charge in [-0.2, -0.15) is 0 Å². The summed E-state index contributed by atoms with van der Waals surface area (Å²) in [6.07, 6.45) is 67.4. The van der Waals surface area contributed by atoms with Crippen LogP contribution < -0.4 is 0 Å². The summed E-state index contributed by atoms with van der Waals surface area (Å²) in [6.45, 7) is 6.55. The van der Waals surface area contributed by atoms with Crippen LogP contribution in [0.15, 0.2) is 72.9 Å². The standard InChI is InChI=1S/C59H102O6/c1-4-7-10-13-16-19-22-25-27-28-29-30-32-34-37-40-43-46-49-52-58(61)64-55-56(54-63-57(60)51-48-45-42-39-36-33-24-21-18-15-12-9-6-3)65-59(62)53-50-47-44-41-38-35-31-26-23-20-17-14-11-8-5-2/h16-17,19-20,25-27,29-31,34,37,56H,4-15,18,21-24,28,32-33,35-36,38-55H2,1-3H3/b19-16-,20-17-,27-25-,30-29-,31-26-,37-34-/t56-/m1/s1. The van der Waals surface area contributed by atoms with Crippen LogP contribution in [-0.2, 0) is 28.6 Å². The van der Waals surface area contributed by atoms with E-state index in [4.69, 9.17) is 14.2 Å². The number of esters is 3. The van der Waals surface area contributed by atoms with Crippen LogP contribution in [0.4, 0.5) is 0 Å². The van der Waals surface area contributed by atoms with E-state index < -0.39 is 6.10 Å². The number of hydrogen-bond acceptors (Lipinski definition) is 6. The van der Waals surface area contributed by atoms with E-state index in [0.29, 0.717) is 19.3 Å². The third kappa shape index (κ3) is 51.7. The topological polar surface area (TPSA) is 78.9 Å². The summed E-state index contributed by atoms with van der Waals surface area (Å²) in [7, 11) is 0. The highest BCUT2D eigenvalue weighted by Gasteiger charge is 2.19. The van der Waals surface area contributed by atoms with Gasteiger partial charge in [0.2, 0.25) is 0 Å². The van der Waals surface area contributed by atoms with Crippen LogP contribution in [0.1, 0.15) is 265 Å². The summed E-state index contributed by atoms with van der Waals surface area (Å²) in [4.78, 5) is 38.0. The maximum absolute atomic E-state index is 12.8. The number of allylic oxidation sites excluding steroid dienone is 12. The van der Waals surface area contributed by atoms with Gasteiger partial charge in [-0.3, -0.25) is 14.4 Å². The zero-order valence-corrected chi connectivity index (χ0v) is 42.7. The second-order valence-corrected chi connectivity index (χ2v) is 18.1. The third-order valence-corrected chi connectivity index (χ3v) is 11.7. The minimum Gasteiger partial charge on any atom is -0.462 e. The normalized spacial score (nSPS) is 12.6. The summed E-state index contributed by atoms with van der Waals surface area (Å²) in [6, 6.07) is 0. The first kappa shape index (κ1) is 61.9. The predicted octanol–water partition coefficient (Wildman–Crippen LogP) is 18.2. The van der Waals surface area contributed by atoms with Gasteiger partial charge in [-0.15, -0.1) is 0 Å².